The summed E-state index contributed by atoms with van der Waals surface area (Å²) in [6.07, 6.45) is 5.78. The van der Waals surface area contributed by atoms with E-state index >= 15 is 0 Å². The highest BCUT2D eigenvalue weighted by Gasteiger charge is 2.17. The highest BCUT2D eigenvalue weighted by Crippen LogP contribution is 2.34. The summed E-state index contributed by atoms with van der Waals surface area (Å²) in [7, 11) is 8.53. The lowest BCUT2D eigenvalue weighted by molar-refractivity contribution is -0.147. The Bertz CT molecular complexity index is 2260. The number of carboxylic acids is 2. The molecular weight excluding hydrogens is 1060 g/mol. The first kappa shape index (κ1) is 52.0. The van der Waals surface area contributed by atoms with Crippen LogP contribution in [0.25, 0.3) is 21.5 Å². The minimum atomic E-state index is -1.31. The van der Waals surface area contributed by atoms with Crippen LogP contribution in [-0.2, 0) is 22.4 Å². The molecule has 6 rings (SSSR count). The number of carbonyl (C=O) groups is 2. The fraction of sp³-hybridized carbons (Fsp3) is 0.333. The highest BCUT2D eigenvalue weighted by atomic mass is 127. The number of aliphatic carboxylic acids is 2. The predicted octanol–water partition coefficient (Wildman–Crippen LogP) is 13.8. The fourth-order valence-corrected chi connectivity index (χ4v) is 8.93. The Balaban J connectivity index is 0.000000240. The van der Waals surface area contributed by atoms with E-state index in [1.54, 1.807) is 0 Å². The standard InChI is InChI=1S/2C24H27ClINO.C3H4O4/c2*1-4-28-24-13-11-20(16-22(24)25)23(27(2)3)7-5-6-17-8-9-19-15-21(26)12-10-18(19)14-17;4-2(5)1-3(6)7/h2*8-16,23H,4-7H2,1-3H3;1H2,(H,4,5)(H,6,7). The van der Waals surface area contributed by atoms with Crippen molar-refractivity contribution in [3.63, 3.8) is 0 Å². The van der Waals surface area contributed by atoms with Gasteiger partial charge in [-0.3, -0.25) is 9.59 Å². The third-order valence-electron chi connectivity index (χ3n) is 10.4. The second-order valence-electron chi connectivity index (χ2n) is 15.6. The Labute approximate surface area is 410 Å². The van der Waals surface area contributed by atoms with Crippen molar-refractivity contribution in [3.8, 4) is 11.5 Å². The second kappa shape index (κ2) is 26.3. The summed E-state index contributed by atoms with van der Waals surface area (Å²) < 4.78 is 13.7. The Kier molecular flexibility index (Phi) is 21.7. The maximum Gasteiger partial charge on any atom is 0.314 e. The molecule has 0 spiro atoms. The number of aryl methyl sites for hydroxylation is 2. The zero-order valence-corrected chi connectivity index (χ0v) is 42.7. The molecule has 0 saturated heterocycles. The predicted molar refractivity (Wildman–Crippen MR) is 277 cm³/mol. The van der Waals surface area contributed by atoms with Gasteiger partial charge in [-0.15, -0.1) is 0 Å². The van der Waals surface area contributed by atoms with E-state index in [0.717, 1.165) is 50.0 Å². The summed E-state index contributed by atoms with van der Waals surface area (Å²) in [6.45, 7) is 5.20. The molecule has 0 saturated carbocycles. The smallest absolute Gasteiger partial charge is 0.314 e. The molecular formula is C51H58Cl2I2N2O6. The number of rotatable bonds is 18. The normalized spacial score (nSPS) is 12.0. The maximum absolute atomic E-state index is 9.43. The molecule has 6 aromatic rings. The second-order valence-corrected chi connectivity index (χ2v) is 18.9. The molecule has 2 atom stereocenters. The average molecular weight is 1120 g/mol. The van der Waals surface area contributed by atoms with E-state index in [1.807, 2.05) is 26.0 Å². The van der Waals surface area contributed by atoms with Gasteiger partial charge in [-0.2, -0.15) is 0 Å². The molecule has 0 aliphatic rings. The minimum absolute atomic E-state index is 0.343. The van der Waals surface area contributed by atoms with Crippen molar-refractivity contribution in [1.82, 2.24) is 9.80 Å². The van der Waals surface area contributed by atoms with E-state index in [2.05, 4.69) is 180 Å². The first-order valence-electron chi connectivity index (χ1n) is 21.1. The molecule has 0 fully saturated rings. The summed E-state index contributed by atoms with van der Waals surface area (Å²) >= 11 is 17.5. The van der Waals surface area contributed by atoms with Gasteiger partial charge in [0, 0.05) is 19.2 Å². The van der Waals surface area contributed by atoms with E-state index in [4.69, 9.17) is 42.9 Å². The van der Waals surface area contributed by atoms with Crippen molar-refractivity contribution in [3.05, 3.63) is 149 Å². The molecule has 0 aliphatic carbocycles. The van der Waals surface area contributed by atoms with Crippen LogP contribution in [-0.4, -0.2) is 73.4 Å². The molecule has 0 amide bonds. The van der Waals surface area contributed by atoms with Crippen LogP contribution in [0.5, 0.6) is 11.5 Å². The van der Waals surface area contributed by atoms with Gasteiger partial charge < -0.3 is 29.5 Å². The first-order chi connectivity index (χ1) is 30.1. The quantitative estimate of drug-likeness (QED) is 0.0649. The van der Waals surface area contributed by atoms with E-state index < -0.39 is 18.4 Å². The van der Waals surface area contributed by atoms with Crippen LogP contribution >= 0.6 is 68.4 Å². The van der Waals surface area contributed by atoms with Crippen LogP contribution in [0.4, 0.5) is 0 Å². The first-order valence-corrected chi connectivity index (χ1v) is 24.0. The molecule has 0 radical (unpaired) electrons. The van der Waals surface area contributed by atoms with Crippen LogP contribution in [0.15, 0.2) is 109 Å². The van der Waals surface area contributed by atoms with Gasteiger partial charge in [0.25, 0.3) is 0 Å². The molecule has 2 unspecified atom stereocenters. The van der Waals surface area contributed by atoms with Gasteiger partial charge >= 0.3 is 11.9 Å². The lowest BCUT2D eigenvalue weighted by Gasteiger charge is -2.25. The van der Waals surface area contributed by atoms with Crippen LogP contribution in [0, 0.1) is 7.14 Å². The van der Waals surface area contributed by atoms with Crippen molar-refractivity contribution in [2.75, 3.05) is 41.4 Å². The molecule has 6 aromatic carbocycles. The molecule has 0 aliphatic heterocycles. The molecule has 2 N–H and O–H groups in total. The van der Waals surface area contributed by atoms with Crippen molar-refractivity contribution < 1.29 is 29.3 Å². The Morgan fingerprint density at radius 1 is 0.556 bits per heavy atom. The Morgan fingerprint density at radius 2 is 0.921 bits per heavy atom. The molecule has 12 heteroatoms. The average Bonchev–Trinajstić information content (AvgIpc) is 3.22. The number of benzene rings is 6. The minimum Gasteiger partial charge on any atom is -0.492 e. The molecule has 8 nitrogen and oxygen atoms in total. The third-order valence-corrected chi connectivity index (χ3v) is 12.4. The van der Waals surface area contributed by atoms with Crippen LogP contribution in [0.3, 0.4) is 0 Å². The number of ether oxygens (including phenoxy) is 2. The third kappa shape index (κ3) is 17.0. The van der Waals surface area contributed by atoms with Gasteiger partial charge in [0.2, 0.25) is 0 Å². The summed E-state index contributed by atoms with van der Waals surface area (Å²) in [5.74, 6) is -1.10. The largest absolute Gasteiger partial charge is 0.492 e. The van der Waals surface area contributed by atoms with Crippen LogP contribution < -0.4 is 9.47 Å². The van der Waals surface area contributed by atoms with E-state index in [1.165, 1.54) is 50.9 Å². The van der Waals surface area contributed by atoms with Gasteiger partial charge in [0.15, 0.2) is 0 Å². The summed E-state index contributed by atoms with van der Waals surface area (Å²) in [5.41, 5.74) is 5.28. The molecule has 0 bridgehead atoms. The zero-order chi connectivity index (χ0) is 46.1. The Hall–Kier alpha value is -3.66. The van der Waals surface area contributed by atoms with Gasteiger partial charge in [-0.05, 0) is 218 Å². The fourth-order valence-electron chi connectivity index (χ4n) is 7.41. The van der Waals surface area contributed by atoms with Gasteiger partial charge in [0.1, 0.15) is 17.9 Å². The lowest BCUT2D eigenvalue weighted by Crippen LogP contribution is -2.20. The number of hydrogen-bond acceptors (Lipinski definition) is 6. The monoisotopic (exact) mass is 1120 g/mol. The molecule has 0 aromatic heterocycles. The van der Waals surface area contributed by atoms with Gasteiger partial charge in [-0.1, -0.05) is 83.9 Å². The SMILES string of the molecule is CCOc1ccc(C(CCCc2ccc3cc(I)ccc3c2)N(C)C)cc1Cl.CCOc1ccc(C(CCCc2ccc3cc(I)ccc3c2)N(C)C)cc1Cl.O=C(O)CC(=O)O. The zero-order valence-electron chi connectivity index (χ0n) is 36.8. The van der Waals surface area contributed by atoms with Gasteiger partial charge in [-0.25, -0.2) is 0 Å². The Morgan fingerprint density at radius 3 is 1.24 bits per heavy atom. The topological polar surface area (TPSA) is 99.5 Å². The number of carboxylic acid groups (broad SMARTS) is 2. The number of nitrogens with zero attached hydrogens (tertiary/aromatic N) is 2. The summed E-state index contributed by atoms with van der Waals surface area (Å²) in [6, 6.07) is 39.9. The number of hydrogen-bond donors (Lipinski definition) is 2. The number of fused-ring (bicyclic) bond motifs is 2. The molecule has 336 valence electrons. The maximum atomic E-state index is 9.43. The summed E-state index contributed by atoms with van der Waals surface area (Å²) in [5, 5.41) is 22.0. The van der Waals surface area contributed by atoms with Crippen molar-refractivity contribution in [2.45, 2.75) is 70.9 Å². The van der Waals surface area contributed by atoms with Crippen molar-refractivity contribution in [2.24, 2.45) is 0 Å². The highest BCUT2D eigenvalue weighted by molar-refractivity contribution is 14.1. The summed E-state index contributed by atoms with van der Waals surface area (Å²) in [4.78, 5) is 23.4. The van der Waals surface area contributed by atoms with Crippen molar-refractivity contribution >= 4 is 102 Å². The van der Waals surface area contributed by atoms with E-state index in [-0.39, 0.29) is 0 Å². The number of halogens is 4. The van der Waals surface area contributed by atoms with Crippen LogP contribution in [0.2, 0.25) is 10.0 Å². The van der Waals surface area contributed by atoms with E-state index in [9.17, 15) is 9.59 Å². The lowest BCUT2D eigenvalue weighted by atomic mass is 9.97. The van der Waals surface area contributed by atoms with E-state index in [0.29, 0.717) is 35.3 Å². The van der Waals surface area contributed by atoms with Crippen LogP contribution in [0.1, 0.15) is 80.3 Å². The molecule has 63 heavy (non-hydrogen) atoms. The molecule has 0 heterocycles. The van der Waals surface area contributed by atoms with Crippen molar-refractivity contribution in [1.29, 1.82) is 0 Å². The van der Waals surface area contributed by atoms with Gasteiger partial charge in [0.05, 0.1) is 23.3 Å².